The fourth-order valence-corrected chi connectivity index (χ4v) is 9.14. The van der Waals surface area contributed by atoms with Crippen LogP contribution in [0.4, 0.5) is 0 Å². The Hall–Kier alpha value is -3.12. The number of hydrogen-bond acceptors (Lipinski definition) is 4. The molecule has 0 amide bonds. The number of rotatable bonds is 4. The van der Waals surface area contributed by atoms with Crippen molar-refractivity contribution in [3.05, 3.63) is 102 Å². The van der Waals surface area contributed by atoms with Crippen LogP contribution in [0.15, 0.2) is 84.9 Å². The SMILES string of the molecule is CC(=O)/C=C(/C)O.Cc1[c-]c(-c2nccc3c2cnc2[c]([Ge]([CH3])([CH3])[CH3])c(-c4ccccc4)ccc23)cc(C)c1.[Ir]. The molecule has 207 valence electrons. The number of aliphatic hydroxyl groups is 1. The largest absolute Gasteiger partial charge is 0 e. The molecule has 5 rings (SSSR count). The van der Waals surface area contributed by atoms with E-state index < -0.39 is 13.3 Å². The second-order valence-electron chi connectivity index (χ2n) is 11.0. The number of nitrogens with zero attached hydrogens (tertiary/aromatic N) is 2. The molecular formula is C34H35GeIrN2O2-. The van der Waals surface area contributed by atoms with Gasteiger partial charge in [0.2, 0.25) is 0 Å². The monoisotopic (exact) mass is 770 g/mol. The number of aryl methyl sites for hydroxylation is 2. The molecule has 0 aliphatic rings. The van der Waals surface area contributed by atoms with E-state index in [4.69, 9.17) is 15.1 Å². The van der Waals surface area contributed by atoms with Crippen molar-refractivity contribution in [2.45, 2.75) is 45.0 Å². The smallest absolute Gasteiger partial charge is 0 e. The minimum atomic E-state index is -2.26. The zero-order valence-corrected chi connectivity index (χ0v) is 28.6. The Morgan fingerprint density at radius 2 is 1.60 bits per heavy atom. The van der Waals surface area contributed by atoms with Gasteiger partial charge in [-0.25, -0.2) is 0 Å². The van der Waals surface area contributed by atoms with E-state index in [1.54, 1.807) is 0 Å². The Balaban J connectivity index is 0.000000492. The second kappa shape index (κ2) is 13.0. The van der Waals surface area contributed by atoms with Crippen molar-refractivity contribution in [2.24, 2.45) is 0 Å². The van der Waals surface area contributed by atoms with Gasteiger partial charge >= 0.3 is 193 Å². The number of aliphatic hydroxyl groups excluding tert-OH is 1. The van der Waals surface area contributed by atoms with Crippen molar-refractivity contribution >= 4 is 45.1 Å². The molecule has 1 radical (unpaired) electrons. The zero-order valence-electron chi connectivity index (χ0n) is 24.1. The van der Waals surface area contributed by atoms with Crippen LogP contribution in [0.1, 0.15) is 25.0 Å². The molecule has 0 fully saturated rings. The van der Waals surface area contributed by atoms with Crippen molar-refractivity contribution in [2.75, 3.05) is 0 Å². The van der Waals surface area contributed by atoms with Gasteiger partial charge in [-0.2, -0.15) is 0 Å². The van der Waals surface area contributed by atoms with E-state index in [0.29, 0.717) is 0 Å². The molecule has 6 heteroatoms. The number of allylic oxidation sites excluding steroid dienone is 2. The van der Waals surface area contributed by atoms with E-state index in [2.05, 4.69) is 97.8 Å². The molecule has 0 spiro atoms. The molecule has 2 heterocycles. The van der Waals surface area contributed by atoms with Gasteiger partial charge in [-0.3, -0.25) is 4.79 Å². The summed E-state index contributed by atoms with van der Waals surface area (Å²) < 4.78 is 1.46. The van der Waals surface area contributed by atoms with Gasteiger partial charge in [0.05, 0.1) is 5.76 Å². The third-order valence-corrected chi connectivity index (χ3v) is 10.6. The molecule has 0 saturated carbocycles. The molecule has 0 unspecified atom stereocenters. The van der Waals surface area contributed by atoms with Crippen molar-refractivity contribution in [3.63, 3.8) is 0 Å². The maximum atomic E-state index is 10.0. The van der Waals surface area contributed by atoms with Gasteiger partial charge in [-0.15, -0.1) is 0 Å². The summed E-state index contributed by atoms with van der Waals surface area (Å²) in [7, 11) is 0. The summed E-state index contributed by atoms with van der Waals surface area (Å²) in [6.45, 7) is 7.06. The minimum Gasteiger partial charge on any atom is 0 e. The molecule has 5 aromatic rings. The van der Waals surface area contributed by atoms with Crippen molar-refractivity contribution < 1.29 is 30.0 Å². The molecule has 0 aliphatic carbocycles. The molecule has 0 bridgehead atoms. The second-order valence-corrected chi connectivity index (χ2v) is 21.5. The third kappa shape index (κ3) is 7.14. The average molecular weight is 768 g/mol. The maximum absolute atomic E-state index is 10.0. The van der Waals surface area contributed by atoms with Gasteiger partial charge in [0.25, 0.3) is 0 Å². The van der Waals surface area contributed by atoms with Gasteiger partial charge < -0.3 is 5.11 Å². The quantitative estimate of drug-likeness (QED) is 0.0661. The van der Waals surface area contributed by atoms with Crippen LogP contribution in [0.25, 0.3) is 44.1 Å². The van der Waals surface area contributed by atoms with E-state index in [1.165, 1.54) is 51.8 Å². The number of aromatic nitrogens is 2. The predicted molar refractivity (Wildman–Crippen MR) is 166 cm³/mol. The molecule has 3 aromatic carbocycles. The topological polar surface area (TPSA) is 63.1 Å². The normalized spacial score (nSPS) is 11.5. The summed E-state index contributed by atoms with van der Waals surface area (Å²) in [4.78, 5) is 19.8. The fourth-order valence-electron chi connectivity index (χ4n) is 5.06. The van der Waals surface area contributed by atoms with Crippen LogP contribution in [0.5, 0.6) is 0 Å². The van der Waals surface area contributed by atoms with Crippen molar-refractivity contribution in [1.82, 2.24) is 9.97 Å². The van der Waals surface area contributed by atoms with Crippen molar-refractivity contribution in [1.29, 1.82) is 0 Å². The van der Waals surface area contributed by atoms with Gasteiger partial charge in [0, 0.05) is 26.2 Å². The van der Waals surface area contributed by atoms with Crippen LogP contribution < -0.4 is 4.40 Å². The van der Waals surface area contributed by atoms with Gasteiger partial charge in [-0.05, 0) is 13.8 Å². The summed E-state index contributed by atoms with van der Waals surface area (Å²) in [6.07, 6.45) is 5.11. The van der Waals surface area contributed by atoms with Gasteiger partial charge in [-0.1, -0.05) is 0 Å². The number of carbonyl (C=O) groups is 1. The molecule has 0 saturated heterocycles. The van der Waals surface area contributed by atoms with Crippen LogP contribution in [0, 0.1) is 19.9 Å². The zero-order chi connectivity index (χ0) is 28.3. The summed E-state index contributed by atoms with van der Waals surface area (Å²) in [6, 6.07) is 25.2. The molecule has 0 atom stereocenters. The fraction of sp³-hybridized carbons (Fsp3) is 0.206. The maximum Gasteiger partial charge on any atom is 0 e. The molecule has 4 nitrogen and oxygen atoms in total. The standard InChI is InChI=1S/C29H27GeN2.C5H8O2.Ir/c1-19-15-20(2)17-22(16-19)28-26-18-32-29-25(24(26)13-14-31-28)12-11-23(27(29)30(3,4)5)21-9-7-6-8-10-21;1-4(6)3-5(2)7;/h6-16,18H,1-5H3;3,6H,1-2H3;/q-1;;/b;4-3-;. The molecule has 2 aromatic heterocycles. The summed E-state index contributed by atoms with van der Waals surface area (Å²) in [5.41, 5.74) is 8.08. The summed E-state index contributed by atoms with van der Waals surface area (Å²) >= 11 is -2.26. The number of ketones is 1. The first kappa shape index (κ1) is 31.4. The predicted octanol–water partition coefficient (Wildman–Crippen LogP) is 8.11. The molecular weight excluding hydrogens is 733 g/mol. The number of pyridine rings is 2. The Morgan fingerprint density at radius 3 is 2.17 bits per heavy atom. The summed E-state index contributed by atoms with van der Waals surface area (Å²) in [5, 5.41) is 11.9. The van der Waals surface area contributed by atoms with Crippen LogP contribution >= 0.6 is 0 Å². The van der Waals surface area contributed by atoms with Crippen LogP contribution in [0.2, 0.25) is 17.3 Å². The number of benzene rings is 3. The summed E-state index contributed by atoms with van der Waals surface area (Å²) in [5.74, 6) is 7.30. The van der Waals surface area contributed by atoms with E-state index >= 15 is 0 Å². The van der Waals surface area contributed by atoms with Crippen LogP contribution in [-0.2, 0) is 24.9 Å². The third-order valence-electron chi connectivity index (χ3n) is 6.43. The number of fused-ring (bicyclic) bond motifs is 3. The van der Waals surface area contributed by atoms with Crippen LogP contribution in [-0.4, -0.2) is 34.1 Å². The molecule has 40 heavy (non-hydrogen) atoms. The molecule has 0 aliphatic heterocycles. The Kier molecular flexibility index (Phi) is 10.2. The Labute approximate surface area is 253 Å². The first-order valence-electron chi connectivity index (χ1n) is 13.1. The van der Waals surface area contributed by atoms with Crippen molar-refractivity contribution in [3.8, 4) is 22.4 Å². The van der Waals surface area contributed by atoms with Crippen LogP contribution in [0.3, 0.4) is 0 Å². The van der Waals surface area contributed by atoms with E-state index in [9.17, 15) is 4.79 Å². The first-order chi connectivity index (χ1) is 18.5. The van der Waals surface area contributed by atoms with Gasteiger partial charge in [0.15, 0.2) is 5.78 Å². The minimum absolute atomic E-state index is 0. The Morgan fingerprint density at radius 1 is 0.900 bits per heavy atom. The first-order valence-corrected chi connectivity index (χ1v) is 20.4. The Bertz CT molecular complexity index is 1680. The molecule has 1 N–H and O–H groups in total. The van der Waals surface area contributed by atoms with E-state index in [-0.39, 0.29) is 31.6 Å². The van der Waals surface area contributed by atoms with E-state index in [0.717, 1.165) is 27.7 Å². The number of carbonyl (C=O) groups excluding carboxylic acids is 1. The number of hydrogen-bond donors (Lipinski definition) is 1. The van der Waals surface area contributed by atoms with Gasteiger partial charge in [0.1, 0.15) is 0 Å². The van der Waals surface area contributed by atoms with E-state index in [1.807, 2.05) is 12.4 Å². The average Bonchev–Trinajstić information content (AvgIpc) is 2.86.